The van der Waals surface area contributed by atoms with Crippen LogP contribution in [0.1, 0.15) is 65.1 Å². The van der Waals surface area contributed by atoms with E-state index >= 15 is 0 Å². The Morgan fingerprint density at radius 3 is 2.26 bits per heavy atom. The Bertz CT molecular complexity index is 844. The van der Waals surface area contributed by atoms with Crippen molar-refractivity contribution < 1.29 is 14.7 Å². The predicted molar refractivity (Wildman–Crippen MR) is 143 cm³/mol. The lowest BCUT2D eigenvalue weighted by molar-refractivity contribution is -0.139. The van der Waals surface area contributed by atoms with Crippen LogP contribution in [-0.2, 0) is 16.1 Å². The molecule has 34 heavy (non-hydrogen) atoms. The number of nitrogens with one attached hydrogen (secondary N) is 1. The van der Waals surface area contributed by atoms with Gasteiger partial charge in [0.05, 0.1) is 16.1 Å². The molecule has 1 unspecified atom stereocenters. The van der Waals surface area contributed by atoms with E-state index in [-0.39, 0.29) is 23.3 Å². The van der Waals surface area contributed by atoms with Crippen LogP contribution >= 0.6 is 11.3 Å². The minimum Gasteiger partial charge on any atom is -0.400 e. The smallest absolute Gasteiger partial charge is 0.243 e. The topological polar surface area (TPSA) is 109 Å². The number of thiazole rings is 1. The van der Waals surface area contributed by atoms with E-state index in [1.54, 1.807) is 16.2 Å². The number of amides is 2. The van der Waals surface area contributed by atoms with Gasteiger partial charge in [0.25, 0.3) is 0 Å². The van der Waals surface area contributed by atoms with Gasteiger partial charge in [-0.2, -0.15) is 0 Å². The van der Waals surface area contributed by atoms with Crippen LogP contribution in [0.25, 0.3) is 10.4 Å². The van der Waals surface area contributed by atoms with Gasteiger partial charge in [-0.3, -0.25) is 9.59 Å². The summed E-state index contributed by atoms with van der Waals surface area (Å²) < 4.78 is 0. The number of nitrogens with zero attached hydrogens (tertiary/aromatic N) is 2. The van der Waals surface area contributed by atoms with E-state index in [0.29, 0.717) is 19.5 Å². The molecule has 1 aromatic heterocycles. The molecule has 7 nitrogen and oxygen atoms in total. The number of hydrogen-bond donors (Lipinski definition) is 3. The van der Waals surface area contributed by atoms with E-state index in [0.717, 1.165) is 36.8 Å². The molecule has 2 amide bonds. The van der Waals surface area contributed by atoms with Crippen molar-refractivity contribution >= 4 is 23.2 Å². The van der Waals surface area contributed by atoms with Crippen LogP contribution in [0.3, 0.4) is 0 Å². The standard InChI is InChI=1S/C22H29N3O2S.C2H6.CH5N.CH4O/c1-15-20(28-14-24-15)17-9-7-16(8-10-17)13-23-21(27)18-6-5-11-25(18)19(26)12-22(2,3)4;3*1-2/h7-10,14,18H,5-6,11-13H2,1-4H3,(H,23,27);1-2H3;2H2,1H3;2H,1H3. The van der Waals surface area contributed by atoms with E-state index in [4.69, 9.17) is 5.11 Å². The molecule has 1 atom stereocenters. The second kappa shape index (κ2) is 16.4. The van der Waals surface area contributed by atoms with E-state index in [2.05, 4.69) is 28.2 Å². The second-order valence-corrected chi connectivity index (χ2v) is 9.52. The number of aromatic nitrogens is 1. The Morgan fingerprint density at radius 2 is 1.76 bits per heavy atom. The van der Waals surface area contributed by atoms with Gasteiger partial charge in [0, 0.05) is 26.6 Å². The maximum atomic E-state index is 12.7. The Morgan fingerprint density at radius 1 is 1.18 bits per heavy atom. The fourth-order valence-electron chi connectivity index (χ4n) is 3.55. The summed E-state index contributed by atoms with van der Waals surface area (Å²) in [5.74, 6) is 0.0246. The zero-order valence-electron chi connectivity index (χ0n) is 22.1. The molecule has 1 aliphatic rings. The van der Waals surface area contributed by atoms with Crippen molar-refractivity contribution in [1.29, 1.82) is 0 Å². The fraction of sp³-hybridized carbons (Fsp3) is 0.577. The van der Waals surface area contributed by atoms with Crippen molar-refractivity contribution in [2.24, 2.45) is 11.1 Å². The predicted octanol–water partition coefficient (Wildman–Crippen LogP) is 4.37. The van der Waals surface area contributed by atoms with Crippen LogP contribution < -0.4 is 11.1 Å². The Balaban J connectivity index is 0.00000168. The van der Waals surface area contributed by atoms with Crippen molar-refractivity contribution in [3.8, 4) is 10.4 Å². The van der Waals surface area contributed by atoms with E-state index < -0.39 is 0 Å². The van der Waals surface area contributed by atoms with Gasteiger partial charge in [-0.1, -0.05) is 58.9 Å². The number of aliphatic hydroxyl groups is 1. The highest BCUT2D eigenvalue weighted by molar-refractivity contribution is 7.13. The molecule has 1 fully saturated rings. The van der Waals surface area contributed by atoms with Gasteiger partial charge in [0.15, 0.2) is 0 Å². The third-order valence-electron chi connectivity index (χ3n) is 4.99. The molecule has 0 saturated carbocycles. The zero-order valence-corrected chi connectivity index (χ0v) is 23.0. The quantitative estimate of drug-likeness (QED) is 0.574. The lowest BCUT2D eigenvalue weighted by atomic mass is 9.91. The third-order valence-corrected chi connectivity index (χ3v) is 5.96. The Kier molecular flexibility index (Phi) is 15.3. The number of nitrogens with two attached hydrogens (primary N) is 1. The number of likely N-dealkylation sites (tertiary alicyclic amines) is 1. The summed E-state index contributed by atoms with van der Waals surface area (Å²) in [6, 6.07) is 7.86. The van der Waals surface area contributed by atoms with Crippen LogP contribution in [-0.4, -0.2) is 53.5 Å². The molecule has 8 heteroatoms. The highest BCUT2D eigenvalue weighted by Crippen LogP contribution is 2.27. The largest absolute Gasteiger partial charge is 0.400 e. The maximum absolute atomic E-state index is 12.7. The number of carbonyl (C=O) groups excluding carboxylic acids is 2. The average Bonchev–Trinajstić information content (AvgIpc) is 3.50. The van der Waals surface area contributed by atoms with Crippen molar-refractivity contribution in [2.45, 2.75) is 73.4 Å². The molecular formula is C26H44N4O3S. The van der Waals surface area contributed by atoms with E-state index in [1.807, 2.05) is 59.2 Å². The molecule has 4 N–H and O–H groups in total. The Labute approximate surface area is 209 Å². The summed E-state index contributed by atoms with van der Waals surface area (Å²) in [6.07, 6.45) is 2.09. The highest BCUT2D eigenvalue weighted by atomic mass is 32.1. The zero-order chi connectivity index (χ0) is 26.3. The first-order valence-electron chi connectivity index (χ1n) is 11.8. The van der Waals surface area contributed by atoms with Crippen LogP contribution in [0.5, 0.6) is 0 Å². The minimum absolute atomic E-state index is 0.0536. The van der Waals surface area contributed by atoms with Crippen molar-refractivity contribution in [3.05, 3.63) is 41.0 Å². The summed E-state index contributed by atoms with van der Waals surface area (Å²) in [5, 5.41) is 10.0. The van der Waals surface area contributed by atoms with Crippen molar-refractivity contribution in [2.75, 3.05) is 20.7 Å². The summed E-state index contributed by atoms with van der Waals surface area (Å²) in [4.78, 5) is 32.5. The first kappa shape index (κ1) is 31.7. The molecule has 0 bridgehead atoms. The van der Waals surface area contributed by atoms with Crippen LogP contribution in [0.2, 0.25) is 0 Å². The molecular weight excluding hydrogens is 448 g/mol. The monoisotopic (exact) mass is 492 g/mol. The molecule has 0 spiro atoms. The Hall–Kier alpha value is -2.29. The molecule has 0 aliphatic carbocycles. The van der Waals surface area contributed by atoms with Gasteiger partial charge in [-0.15, -0.1) is 11.3 Å². The SMILES string of the molecule is CC.CN.CO.Cc1ncsc1-c1ccc(CNC(=O)C2CCCN2C(=O)CC(C)(C)C)cc1. The number of carbonyl (C=O) groups is 2. The lowest BCUT2D eigenvalue weighted by Crippen LogP contribution is -2.46. The molecule has 2 aromatic rings. The van der Waals surface area contributed by atoms with Gasteiger partial charge < -0.3 is 21.1 Å². The number of rotatable bonds is 5. The number of benzene rings is 1. The average molecular weight is 493 g/mol. The summed E-state index contributed by atoms with van der Waals surface area (Å²) in [5.41, 5.74) is 9.51. The summed E-state index contributed by atoms with van der Waals surface area (Å²) in [7, 11) is 2.50. The normalized spacial score (nSPS) is 14.5. The van der Waals surface area contributed by atoms with Gasteiger partial charge in [-0.05, 0) is 43.4 Å². The number of hydrogen-bond acceptors (Lipinski definition) is 6. The molecule has 1 aromatic carbocycles. The van der Waals surface area contributed by atoms with Crippen LogP contribution in [0, 0.1) is 12.3 Å². The van der Waals surface area contributed by atoms with Gasteiger partial charge in [0.1, 0.15) is 6.04 Å². The number of aliphatic hydroxyl groups excluding tert-OH is 1. The van der Waals surface area contributed by atoms with Gasteiger partial charge in [-0.25, -0.2) is 4.98 Å². The van der Waals surface area contributed by atoms with Crippen LogP contribution in [0.15, 0.2) is 29.8 Å². The van der Waals surface area contributed by atoms with Crippen molar-refractivity contribution in [1.82, 2.24) is 15.2 Å². The lowest BCUT2D eigenvalue weighted by Gasteiger charge is -2.27. The maximum Gasteiger partial charge on any atom is 0.243 e. The highest BCUT2D eigenvalue weighted by Gasteiger charge is 2.35. The second-order valence-electron chi connectivity index (χ2n) is 8.66. The van der Waals surface area contributed by atoms with E-state index in [1.165, 1.54) is 11.9 Å². The molecule has 192 valence electrons. The molecule has 1 aliphatic heterocycles. The molecule has 0 radical (unpaired) electrons. The fourth-order valence-corrected chi connectivity index (χ4v) is 4.36. The first-order valence-corrected chi connectivity index (χ1v) is 12.7. The van der Waals surface area contributed by atoms with Crippen LogP contribution in [0.4, 0.5) is 0 Å². The molecule has 2 heterocycles. The molecule has 3 rings (SSSR count). The van der Waals surface area contributed by atoms with Gasteiger partial charge in [0.2, 0.25) is 11.8 Å². The first-order chi connectivity index (χ1) is 16.2. The van der Waals surface area contributed by atoms with Crippen molar-refractivity contribution in [3.63, 3.8) is 0 Å². The summed E-state index contributed by atoms with van der Waals surface area (Å²) >= 11 is 1.63. The number of aryl methyl sites for hydroxylation is 1. The minimum atomic E-state index is -0.339. The third kappa shape index (κ3) is 9.91. The molecule has 1 saturated heterocycles. The van der Waals surface area contributed by atoms with Gasteiger partial charge >= 0.3 is 0 Å². The van der Waals surface area contributed by atoms with E-state index in [9.17, 15) is 9.59 Å². The summed E-state index contributed by atoms with van der Waals surface area (Å²) in [6.45, 7) is 13.3.